The maximum Gasteiger partial charge on any atom is 0.326 e. The molecular formula is C13H23N3O5. The molecule has 1 saturated heterocycles. The number of nitrogens with two attached hydrogens (primary N) is 1. The fraction of sp³-hybridized carbons (Fsp3) is 0.769. The summed E-state index contributed by atoms with van der Waals surface area (Å²) in [6, 6.07) is -1.35. The minimum Gasteiger partial charge on any atom is -0.480 e. The van der Waals surface area contributed by atoms with Crippen LogP contribution in [0.25, 0.3) is 0 Å². The normalized spacial score (nSPS) is 17.3. The van der Waals surface area contributed by atoms with E-state index in [0.717, 1.165) is 0 Å². The second kappa shape index (κ2) is 8.46. The van der Waals surface area contributed by atoms with Gasteiger partial charge in [-0.15, -0.1) is 0 Å². The number of carboxylic acid groups (broad SMARTS) is 1. The van der Waals surface area contributed by atoms with E-state index in [1.54, 1.807) is 4.90 Å². The fourth-order valence-electron chi connectivity index (χ4n) is 2.36. The van der Waals surface area contributed by atoms with E-state index < -0.39 is 18.0 Å². The number of aliphatic carboxylic acids is 1. The molecule has 4 N–H and O–H groups in total. The van der Waals surface area contributed by atoms with E-state index in [4.69, 9.17) is 15.6 Å². The van der Waals surface area contributed by atoms with Crippen molar-refractivity contribution in [2.24, 2.45) is 11.7 Å². The second-order valence-corrected chi connectivity index (χ2v) is 5.22. The van der Waals surface area contributed by atoms with Gasteiger partial charge in [-0.25, -0.2) is 9.59 Å². The van der Waals surface area contributed by atoms with Crippen molar-refractivity contribution < 1.29 is 24.2 Å². The van der Waals surface area contributed by atoms with Crippen LogP contribution in [0.2, 0.25) is 0 Å². The van der Waals surface area contributed by atoms with Crippen molar-refractivity contribution in [1.82, 2.24) is 10.2 Å². The van der Waals surface area contributed by atoms with Gasteiger partial charge in [0.15, 0.2) is 0 Å². The molecule has 0 aromatic heterocycles. The lowest BCUT2D eigenvalue weighted by Crippen LogP contribution is -2.50. The van der Waals surface area contributed by atoms with Crippen LogP contribution in [0.1, 0.15) is 25.7 Å². The lowest BCUT2D eigenvalue weighted by Gasteiger charge is -2.32. The Balaban J connectivity index is 2.41. The second-order valence-electron chi connectivity index (χ2n) is 5.22. The summed E-state index contributed by atoms with van der Waals surface area (Å²) in [4.78, 5) is 35.5. The average Bonchev–Trinajstić information content (AvgIpc) is 2.43. The number of nitrogens with zero attached hydrogens (tertiary/aromatic N) is 1. The van der Waals surface area contributed by atoms with E-state index in [1.165, 1.54) is 7.11 Å². The highest BCUT2D eigenvalue weighted by molar-refractivity contribution is 5.82. The van der Waals surface area contributed by atoms with Gasteiger partial charge in [0, 0.05) is 39.6 Å². The molecular weight excluding hydrogens is 278 g/mol. The number of nitrogens with one attached hydrogen (secondary N) is 1. The molecule has 8 nitrogen and oxygen atoms in total. The fourth-order valence-corrected chi connectivity index (χ4v) is 2.36. The highest BCUT2D eigenvalue weighted by Gasteiger charge is 2.27. The van der Waals surface area contributed by atoms with E-state index in [-0.39, 0.29) is 24.9 Å². The van der Waals surface area contributed by atoms with Crippen LogP contribution in [0, 0.1) is 5.92 Å². The number of carbonyl (C=O) groups is 3. The number of hydrogen-bond acceptors (Lipinski definition) is 4. The molecule has 8 heteroatoms. The predicted molar refractivity (Wildman–Crippen MR) is 74.6 cm³/mol. The third-order valence-electron chi connectivity index (χ3n) is 3.60. The number of rotatable bonds is 7. The summed E-state index contributed by atoms with van der Waals surface area (Å²) in [5, 5.41) is 11.5. The van der Waals surface area contributed by atoms with Gasteiger partial charge in [-0.05, 0) is 18.8 Å². The van der Waals surface area contributed by atoms with E-state index in [1.807, 2.05) is 0 Å². The van der Waals surface area contributed by atoms with Crippen molar-refractivity contribution in [3.63, 3.8) is 0 Å². The lowest BCUT2D eigenvalue weighted by molar-refractivity contribution is -0.139. The van der Waals surface area contributed by atoms with E-state index in [2.05, 4.69) is 5.32 Å². The van der Waals surface area contributed by atoms with E-state index in [0.29, 0.717) is 32.4 Å². The average molecular weight is 301 g/mol. The molecule has 1 heterocycles. The van der Waals surface area contributed by atoms with Gasteiger partial charge in [-0.3, -0.25) is 4.79 Å². The molecule has 0 aromatic carbocycles. The Morgan fingerprint density at radius 2 is 2.00 bits per heavy atom. The number of amides is 3. The van der Waals surface area contributed by atoms with Crippen LogP contribution in [0.5, 0.6) is 0 Å². The molecule has 0 spiro atoms. The van der Waals surface area contributed by atoms with Crippen molar-refractivity contribution in [2.75, 3.05) is 26.8 Å². The Bertz CT molecular complexity index is 380. The Morgan fingerprint density at radius 1 is 1.38 bits per heavy atom. The number of urea groups is 1. The molecule has 21 heavy (non-hydrogen) atoms. The molecule has 1 aliphatic heterocycles. The minimum atomic E-state index is -1.08. The molecule has 0 bridgehead atoms. The quantitative estimate of drug-likeness (QED) is 0.599. The number of methoxy groups -OCH3 is 1. The zero-order chi connectivity index (χ0) is 15.8. The van der Waals surface area contributed by atoms with Gasteiger partial charge in [-0.1, -0.05) is 0 Å². The van der Waals surface area contributed by atoms with Crippen LogP contribution >= 0.6 is 0 Å². The lowest BCUT2D eigenvalue weighted by atomic mass is 9.93. The van der Waals surface area contributed by atoms with Crippen molar-refractivity contribution in [3.05, 3.63) is 0 Å². The Kier molecular flexibility index (Phi) is 6.93. The zero-order valence-corrected chi connectivity index (χ0v) is 12.2. The molecule has 3 amide bonds. The van der Waals surface area contributed by atoms with Gasteiger partial charge in [0.2, 0.25) is 5.91 Å². The van der Waals surface area contributed by atoms with Gasteiger partial charge < -0.3 is 25.8 Å². The Hall–Kier alpha value is -1.83. The van der Waals surface area contributed by atoms with Gasteiger partial charge in [0.1, 0.15) is 6.04 Å². The zero-order valence-electron chi connectivity index (χ0n) is 12.2. The van der Waals surface area contributed by atoms with Crippen LogP contribution in [-0.4, -0.2) is 60.8 Å². The summed E-state index contributed by atoms with van der Waals surface area (Å²) in [6.07, 6.45) is 1.95. The van der Waals surface area contributed by atoms with Gasteiger partial charge >= 0.3 is 12.0 Å². The molecule has 0 aliphatic carbocycles. The van der Waals surface area contributed by atoms with Crippen molar-refractivity contribution in [3.8, 4) is 0 Å². The first kappa shape index (κ1) is 17.2. The van der Waals surface area contributed by atoms with E-state index >= 15 is 0 Å². The minimum absolute atomic E-state index is 0.204. The smallest absolute Gasteiger partial charge is 0.326 e. The Morgan fingerprint density at radius 3 is 2.48 bits per heavy atom. The summed E-state index contributed by atoms with van der Waals surface area (Å²) in [5.41, 5.74) is 5.15. The van der Waals surface area contributed by atoms with Crippen molar-refractivity contribution in [2.45, 2.75) is 31.7 Å². The molecule has 1 aliphatic rings. The molecule has 120 valence electrons. The molecule has 1 atom stereocenters. The summed E-state index contributed by atoms with van der Waals surface area (Å²) in [7, 11) is 1.48. The summed E-state index contributed by atoms with van der Waals surface area (Å²) in [5.74, 6) is -1.21. The number of hydrogen-bond donors (Lipinski definition) is 3. The van der Waals surface area contributed by atoms with Crippen LogP contribution in [0.4, 0.5) is 4.79 Å². The summed E-state index contributed by atoms with van der Waals surface area (Å²) >= 11 is 0. The summed E-state index contributed by atoms with van der Waals surface area (Å²) in [6.45, 7) is 1.26. The maximum atomic E-state index is 12.0. The summed E-state index contributed by atoms with van der Waals surface area (Å²) < 4.78 is 4.83. The van der Waals surface area contributed by atoms with Gasteiger partial charge in [0.25, 0.3) is 0 Å². The first-order chi connectivity index (χ1) is 9.93. The first-order valence-corrected chi connectivity index (χ1v) is 6.99. The number of primary amides is 1. The first-order valence-electron chi connectivity index (χ1n) is 6.99. The van der Waals surface area contributed by atoms with Crippen molar-refractivity contribution in [1.29, 1.82) is 0 Å². The highest BCUT2D eigenvalue weighted by atomic mass is 16.5. The van der Waals surface area contributed by atoms with Crippen LogP contribution in [0.15, 0.2) is 0 Å². The number of carboxylic acids is 1. The molecule has 1 rings (SSSR count). The topological polar surface area (TPSA) is 122 Å². The Labute approximate surface area is 123 Å². The molecule has 1 fully saturated rings. The third-order valence-corrected chi connectivity index (χ3v) is 3.60. The number of likely N-dealkylation sites (tertiary alicyclic amines) is 1. The SMILES string of the molecule is COCCC(NC(=O)N1CCC(CC(N)=O)CC1)C(=O)O. The number of carbonyl (C=O) groups excluding carboxylic acids is 2. The third kappa shape index (κ3) is 5.99. The molecule has 0 saturated carbocycles. The van der Waals surface area contributed by atoms with Crippen LogP contribution in [0.3, 0.4) is 0 Å². The van der Waals surface area contributed by atoms with Crippen LogP contribution < -0.4 is 11.1 Å². The standard InChI is InChI=1S/C13H23N3O5/c1-21-7-4-10(12(18)19)15-13(20)16-5-2-9(3-6-16)8-11(14)17/h9-10H,2-8H2,1H3,(H2,14,17)(H,15,20)(H,18,19). The van der Waals surface area contributed by atoms with Gasteiger partial charge in [-0.2, -0.15) is 0 Å². The maximum absolute atomic E-state index is 12.0. The molecule has 1 unspecified atom stereocenters. The van der Waals surface area contributed by atoms with Crippen LogP contribution in [-0.2, 0) is 14.3 Å². The predicted octanol–water partition coefficient (Wildman–Crippen LogP) is -0.227. The monoisotopic (exact) mass is 301 g/mol. The van der Waals surface area contributed by atoms with Gasteiger partial charge in [0.05, 0.1) is 0 Å². The molecule has 0 aromatic rings. The number of ether oxygens (including phenoxy) is 1. The van der Waals surface area contributed by atoms with Crippen molar-refractivity contribution >= 4 is 17.9 Å². The highest BCUT2D eigenvalue weighted by Crippen LogP contribution is 2.20. The molecule has 0 radical (unpaired) electrons. The van der Waals surface area contributed by atoms with E-state index in [9.17, 15) is 14.4 Å². The number of piperidine rings is 1. The largest absolute Gasteiger partial charge is 0.480 e.